The van der Waals surface area contributed by atoms with Crippen LogP contribution in [0.25, 0.3) is 11.4 Å². The molecule has 0 fully saturated rings. The molecule has 4 nitrogen and oxygen atoms in total. The van der Waals surface area contributed by atoms with Gasteiger partial charge in [-0.2, -0.15) is 0 Å². The first-order valence-electron chi connectivity index (χ1n) is 3.46. The Kier molecular flexibility index (Phi) is 1.51. The highest BCUT2D eigenvalue weighted by Gasteiger charge is 2.00. The smallest absolute Gasteiger partial charge is 0.338 e. The first-order valence-corrected chi connectivity index (χ1v) is 3.46. The molecular weight excluding hydrogens is 156 g/mol. The number of nitrogens with one attached hydrogen (secondary N) is 1. The molecule has 2 aromatic rings. The van der Waals surface area contributed by atoms with Gasteiger partial charge in [-0.1, -0.05) is 6.07 Å². The summed E-state index contributed by atoms with van der Waals surface area (Å²) in [7, 11) is 0. The Labute approximate surface area is 67.8 Å². The first-order chi connectivity index (χ1) is 5.86. The van der Waals surface area contributed by atoms with Gasteiger partial charge in [0.05, 0.1) is 11.8 Å². The third-order valence-corrected chi connectivity index (χ3v) is 1.46. The van der Waals surface area contributed by atoms with E-state index in [-0.39, 0.29) is 0 Å². The summed E-state index contributed by atoms with van der Waals surface area (Å²) in [6.45, 7) is 0. The van der Waals surface area contributed by atoms with E-state index in [1.807, 2.05) is 12.1 Å². The van der Waals surface area contributed by atoms with E-state index in [2.05, 4.69) is 14.7 Å². The molecule has 1 N–H and O–H groups in total. The fourth-order valence-corrected chi connectivity index (χ4v) is 0.930. The Morgan fingerprint density at radius 3 is 2.92 bits per heavy atom. The Balaban J connectivity index is 2.51. The molecule has 0 unspecified atom stereocenters. The van der Waals surface area contributed by atoms with Gasteiger partial charge in [-0.25, -0.2) is 9.95 Å². The predicted molar refractivity (Wildman–Crippen MR) is 42.6 cm³/mol. The van der Waals surface area contributed by atoms with Gasteiger partial charge in [-0.15, -0.1) is 0 Å². The molecule has 2 aromatic heterocycles. The van der Waals surface area contributed by atoms with E-state index in [1.165, 1.54) is 6.07 Å². The van der Waals surface area contributed by atoms with Crippen LogP contribution in [0, 0.1) is 0 Å². The van der Waals surface area contributed by atoms with Crippen molar-refractivity contribution in [1.82, 2.24) is 10.1 Å². The summed E-state index contributed by atoms with van der Waals surface area (Å²) < 4.78 is 4.50. The minimum absolute atomic E-state index is 0.393. The zero-order valence-electron chi connectivity index (χ0n) is 6.15. The Morgan fingerprint density at radius 2 is 2.33 bits per heavy atom. The maximum Gasteiger partial charge on any atom is 0.357 e. The van der Waals surface area contributed by atoms with Crippen molar-refractivity contribution in [1.29, 1.82) is 0 Å². The topological polar surface area (TPSA) is 58.9 Å². The van der Waals surface area contributed by atoms with E-state index < -0.39 is 5.63 Å². The summed E-state index contributed by atoms with van der Waals surface area (Å²) in [5, 5.41) is 2.47. The van der Waals surface area contributed by atoms with Gasteiger partial charge in [0.15, 0.2) is 0 Å². The minimum atomic E-state index is -0.393. The van der Waals surface area contributed by atoms with Gasteiger partial charge >= 0.3 is 5.63 Å². The molecule has 2 heterocycles. The molecule has 0 radical (unpaired) electrons. The van der Waals surface area contributed by atoms with Gasteiger partial charge in [0.25, 0.3) is 0 Å². The number of aromatic nitrogens is 2. The van der Waals surface area contributed by atoms with Crippen molar-refractivity contribution in [2.75, 3.05) is 0 Å². The molecule has 12 heavy (non-hydrogen) atoms. The fourth-order valence-electron chi connectivity index (χ4n) is 0.930. The predicted octanol–water partition coefficient (Wildman–Crippen LogP) is 1.03. The molecule has 0 aromatic carbocycles. The number of aromatic amines is 1. The van der Waals surface area contributed by atoms with Crippen molar-refractivity contribution in [2.45, 2.75) is 0 Å². The zero-order valence-corrected chi connectivity index (χ0v) is 6.15. The van der Waals surface area contributed by atoms with Crippen LogP contribution in [0.15, 0.2) is 39.8 Å². The standard InChI is InChI=1S/C8H6N2O2/c11-8-5-7(10-12-8)6-3-1-2-4-9-6/h1-5,10H. The second-order valence-corrected chi connectivity index (χ2v) is 2.30. The summed E-state index contributed by atoms with van der Waals surface area (Å²) in [6.07, 6.45) is 1.65. The van der Waals surface area contributed by atoms with E-state index in [0.717, 1.165) is 0 Å². The molecule has 4 heteroatoms. The fraction of sp³-hybridized carbons (Fsp3) is 0. The summed E-state index contributed by atoms with van der Waals surface area (Å²) in [5.74, 6) is 0. The van der Waals surface area contributed by atoms with Gasteiger partial charge in [0.2, 0.25) is 0 Å². The van der Waals surface area contributed by atoms with Crippen LogP contribution >= 0.6 is 0 Å². The molecule has 0 aliphatic heterocycles. The molecule has 2 rings (SSSR count). The maximum absolute atomic E-state index is 10.6. The number of H-pyrrole nitrogens is 1. The molecule has 0 aliphatic carbocycles. The SMILES string of the molecule is O=c1cc(-c2ccccn2)[nH]o1. The first kappa shape index (κ1) is 6.84. The van der Waals surface area contributed by atoms with Crippen LogP contribution in [-0.4, -0.2) is 10.1 Å². The van der Waals surface area contributed by atoms with Crippen molar-refractivity contribution in [3.05, 3.63) is 40.9 Å². The van der Waals surface area contributed by atoms with Crippen LogP contribution in [0.4, 0.5) is 0 Å². The van der Waals surface area contributed by atoms with Crippen LogP contribution in [0.2, 0.25) is 0 Å². The Morgan fingerprint density at radius 1 is 1.42 bits per heavy atom. The normalized spacial score (nSPS) is 10.0. The van der Waals surface area contributed by atoms with Crippen molar-refractivity contribution in [3.8, 4) is 11.4 Å². The highest BCUT2D eigenvalue weighted by atomic mass is 16.5. The van der Waals surface area contributed by atoms with Crippen molar-refractivity contribution in [2.24, 2.45) is 0 Å². The van der Waals surface area contributed by atoms with E-state index in [1.54, 1.807) is 12.3 Å². The summed E-state index contributed by atoms with van der Waals surface area (Å²) in [4.78, 5) is 14.7. The van der Waals surface area contributed by atoms with Gasteiger partial charge in [-0.05, 0) is 12.1 Å². The third kappa shape index (κ3) is 1.14. The molecule has 0 saturated carbocycles. The van der Waals surface area contributed by atoms with E-state index in [9.17, 15) is 4.79 Å². The average molecular weight is 162 g/mol. The van der Waals surface area contributed by atoms with Crippen LogP contribution in [0.5, 0.6) is 0 Å². The van der Waals surface area contributed by atoms with Crippen LogP contribution in [-0.2, 0) is 0 Å². The Bertz CT molecular complexity index is 416. The van der Waals surface area contributed by atoms with E-state index in [4.69, 9.17) is 0 Å². The number of rotatable bonds is 1. The van der Waals surface area contributed by atoms with Gasteiger partial charge in [0.1, 0.15) is 5.69 Å². The van der Waals surface area contributed by atoms with E-state index >= 15 is 0 Å². The lowest BCUT2D eigenvalue weighted by molar-refractivity contribution is 0.393. The molecule has 0 spiro atoms. The van der Waals surface area contributed by atoms with Crippen molar-refractivity contribution in [3.63, 3.8) is 0 Å². The molecule has 0 bridgehead atoms. The number of nitrogens with zero attached hydrogens (tertiary/aromatic N) is 1. The largest absolute Gasteiger partial charge is 0.357 e. The second kappa shape index (κ2) is 2.65. The van der Waals surface area contributed by atoms with Crippen molar-refractivity contribution >= 4 is 0 Å². The lowest BCUT2D eigenvalue weighted by atomic mass is 10.3. The molecule has 0 atom stereocenters. The highest BCUT2D eigenvalue weighted by Crippen LogP contribution is 2.09. The van der Waals surface area contributed by atoms with Crippen LogP contribution in [0.1, 0.15) is 0 Å². The number of pyridine rings is 1. The van der Waals surface area contributed by atoms with Gasteiger partial charge in [0, 0.05) is 6.20 Å². The maximum atomic E-state index is 10.6. The molecule has 0 saturated heterocycles. The average Bonchev–Trinajstić information content (AvgIpc) is 2.54. The molecular formula is C8H6N2O2. The van der Waals surface area contributed by atoms with Crippen LogP contribution < -0.4 is 5.63 Å². The van der Waals surface area contributed by atoms with Gasteiger partial charge < -0.3 is 4.52 Å². The molecule has 0 amide bonds. The summed E-state index contributed by atoms with van der Waals surface area (Å²) in [5.41, 5.74) is 0.902. The lowest BCUT2D eigenvalue weighted by Crippen LogP contribution is -1.86. The monoisotopic (exact) mass is 162 g/mol. The molecule has 60 valence electrons. The summed E-state index contributed by atoms with van der Waals surface area (Å²) >= 11 is 0. The Hall–Kier alpha value is -1.84. The van der Waals surface area contributed by atoms with E-state index in [0.29, 0.717) is 11.4 Å². The number of hydrogen-bond donors (Lipinski definition) is 1. The highest BCUT2D eigenvalue weighted by molar-refractivity contribution is 5.51. The zero-order chi connectivity index (χ0) is 8.39. The quantitative estimate of drug-likeness (QED) is 0.681. The molecule has 0 aliphatic rings. The third-order valence-electron chi connectivity index (χ3n) is 1.46. The van der Waals surface area contributed by atoms with Crippen molar-refractivity contribution < 1.29 is 4.52 Å². The van der Waals surface area contributed by atoms with Gasteiger partial charge in [-0.3, -0.25) is 4.98 Å². The van der Waals surface area contributed by atoms with Crippen LogP contribution in [0.3, 0.4) is 0 Å². The second-order valence-electron chi connectivity index (χ2n) is 2.30. The lowest BCUT2D eigenvalue weighted by Gasteiger charge is -1.91. The summed E-state index contributed by atoms with van der Waals surface area (Å²) in [6, 6.07) is 6.80. The number of hydrogen-bond acceptors (Lipinski definition) is 3. The minimum Gasteiger partial charge on any atom is -0.338 e.